The van der Waals surface area contributed by atoms with Crippen LogP contribution in [0.15, 0.2) is 24.3 Å². The summed E-state index contributed by atoms with van der Waals surface area (Å²) in [5.74, 6) is 0.0940. The second-order valence-corrected chi connectivity index (χ2v) is 4.18. The standard InChI is InChI=1S/C12H12F3NO/c1-7(2)10-5-8-3-4-9(6-11(8)16-10)17-12(13,14)15/h3-7,16H,1-2H3. The highest BCUT2D eigenvalue weighted by Gasteiger charge is 2.31. The van der Waals surface area contributed by atoms with Crippen LogP contribution < -0.4 is 4.74 Å². The zero-order chi connectivity index (χ0) is 12.6. The Morgan fingerprint density at radius 1 is 1.18 bits per heavy atom. The number of fused-ring (bicyclic) bond motifs is 1. The van der Waals surface area contributed by atoms with Crippen LogP contribution in [0, 0.1) is 0 Å². The van der Waals surface area contributed by atoms with Crippen molar-refractivity contribution in [2.75, 3.05) is 0 Å². The van der Waals surface area contributed by atoms with Crippen molar-refractivity contribution in [2.45, 2.75) is 26.1 Å². The SMILES string of the molecule is CC(C)c1cc2ccc(OC(F)(F)F)cc2[nH]1. The number of H-pyrrole nitrogens is 1. The van der Waals surface area contributed by atoms with Gasteiger partial charge in [-0.3, -0.25) is 0 Å². The van der Waals surface area contributed by atoms with Crippen molar-refractivity contribution < 1.29 is 17.9 Å². The normalized spacial score (nSPS) is 12.4. The van der Waals surface area contributed by atoms with Crippen LogP contribution in [0.1, 0.15) is 25.5 Å². The Labute approximate surface area is 96.4 Å². The maximum atomic E-state index is 12.0. The van der Waals surface area contributed by atoms with E-state index < -0.39 is 6.36 Å². The van der Waals surface area contributed by atoms with Gasteiger partial charge in [0.25, 0.3) is 0 Å². The molecular formula is C12H12F3NO. The molecule has 5 heteroatoms. The molecule has 17 heavy (non-hydrogen) atoms. The van der Waals surface area contributed by atoms with E-state index in [4.69, 9.17) is 0 Å². The van der Waals surface area contributed by atoms with Gasteiger partial charge in [0.05, 0.1) is 0 Å². The third-order valence-corrected chi connectivity index (χ3v) is 2.47. The third-order valence-electron chi connectivity index (χ3n) is 2.47. The highest BCUT2D eigenvalue weighted by molar-refractivity contribution is 5.82. The molecule has 1 heterocycles. The minimum absolute atomic E-state index is 0.206. The molecule has 0 saturated heterocycles. The summed E-state index contributed by atoms with van der Waals surface area (Å²) < 4.78 is 40.0. The first kappa shape index (κ1) is 11.8. The summed E-state index contributed by atoms with van der Waals surface area (Å²) in [4.78, 5) is 3.07. The van der Waals surface area contributed by atoms with Crippen LogP contribution in [0.4, 0.5) is 13.2 Å². The number of nitrogens with one attached hydrogen (secondary N) is 1. The average Bonchev–Trinajstić information content (AvgIpc) is 2.57. The Balaban J connectivity index is 2.37. The first-order chi connectivity index (χ1) is 7.85. The molecule has 0 fully saturated rings. The highest BCUT2D eigenvalue weighted by atomic mass is 19.4. The van der Waals surface area contributed by atoms with Crippen molar-refractivity contribution in [2.24, 2.45) is 0 Å². The van der Waals surface area contributed by atoms with Crippen molar-refractivity contribution >= 4 is 10.9 Å². The monoisotopic (exact) mass is 243 g/mol. The fourth-order valence-electron chi connectivity index (χ4n) is 1.64. The molecule has 1 aromatic carbocycles. The maximum Gasteiger partial charge on any atom is 0.573 e. The fraction of sp³-hybridized carbons (Fsp3) is 0.333. The Morgan fingerprint density at radius 2 is 1.88 bits per heavy atom. The maximum absolute atomic E-state index is 12.0. The van der Waals surface area contributed by atoms with E-state index in [1.165, 1.54) is 12.1 Å². The molecule has 1 aromatic heterocycles. The molecule has 2 nitrogen and oxygen atoms in total. The van der Waals surface area contributed by atoms with Gasteiger partial charge >= 0.3 is 6.36 Å². The van der Waals surface area contributed by atoms with Gasteiger partial charge < -0.3 is 9.72 Å². The van der Waals surface area contributed by atoms with E-state index in [2.05, 4.69) is 9.72 Å². The lowest BCUT2D eigenvalue weighted by atomic mass is 10.1. The molecule has 0 aliphatic heterocycles. The van der Waals surface area contributed by atoms with Crippen molar-refractivity contribution in [1.29, 1.82) is 0 Å². The predicted octanol–water partition coefficient (Wildman–Crippen LogP) is 4.19. The molecule has 0 spiro atoms. The molecule has 0 bridgehead atoms. The van der Waals surface area contributed by atoms with Crippen molar-refractivity contribution in [3.05, 3.63) is 30.0 Å². The number of benzene rings is 1. The van der Waals surface area contributed by atoms with Gasteiger partial charge in [0.2, 0.25) is 0 Å². The highest BCUT2D eigenvalue weighted by Crippen LogP contribution is 2.28. The smallest absolute Gasteiger partial charge is 0.406 e. The molecule has 0 amide bonds. The number of aromatic nitrogens is 1. The van der Waals surface area contributed by atoms with Crippen LogP contribution in [-0.2, 0) is 0 Å². The molecule has 0 radical (unpaired) electrons. The van der Waals surface area contributed by atoms with Crippen LogP contribution in [0.2, 0.25) is 0 Å². The molecule has 92 valence electrons. The lowest BCUT2D eigenvalue weighted by Gasteiger charge is -2.08. The number of rotatable bonds is 2. The summed E-state index contributed by atoms with van der Waals surface area (Å²) in [5.41, 5.74) is 1.64. The van der Waals surface area contributed by atoms with Gasteiger partial charge in [-0.25, -0.2) is 0 Å². The number of halogens is 3. The molecule has 0 unspecified atom stereocenters. The van der Waals surface area contributed by atoms with Gasteiger partial charge in [0.15, 0.2) is 0 Å². The molecular weight excluding hydrogens is 231 g/mol. The third kappa shape index (κ3) is 2.72. The van der Waals surface area contributed by atoms with E-state index in [0.29, 0.717) is 11.4 Å². The number of aromatic amines is 1. The summed E-state index contributed by atoms with van der Waals surface area (Å²) in [6, 6.07) is 6.21. The number of alkyl halides is 3. The van der Waals surface area contributed by atoms with Gasteiger partial charge in [0.1, 0.15) is 5.75 Å². The van der Waals surface area contributed by atoms with Gasteiger partial charge in [0, 0.05) is 17.3 Å². The predicted molar refractivity (Wildman–Crippen MR) is 59.1 cm³/mol. The van der Waals surface area contributed by atoms with Gasteiger partial charge in [-0.15, -0.1) is 13.2 Å². The lowest BCUT2D eigenvalue weighted by molar-refractivity contribution is -0.274. The Hall–Kier alpha value is -1.65. The topological polar surface area (TPSA) is 25.0 Å². The zero-order valence-electron chi connectivity index (χ0n) is 9.43. The van der Waals surface area contributed by atoms with Crippen LogP contribution in [0.3, 0.4) is 0 Å². The van der Waals surface area contributed by atoms with Gasteiger partial charge in [-0.05, 0) is 29.5 Å². The average molecular weight is 243 g/mol. The molecule has 0 aliphatic carbocycles. The zero-order valence-corrected chi connectivity index (χ0v) is 9.43. The Morgan fingerprint density at radius 3 is 2.47 bits per heavy atom. The van der Waals surface area contributed by atoms with Crippen molar-refractivity contribution in [3.63, 3.8) is 0 Å². The number of ether oxygens (including phenoxy) is 1. The Kier molecular flexibility index (Phi) is 2.77. The molecule has 0 atom stereocenters. The minimum atomic E-state index is -4.65. The van der Waals surface area contributed by atoms with Crippen LogP contribution in [0.5, 0.6) is 5.75 Å². The molecule has 2 aromatic rings. The fourth-order valence-corrected chi connectivity index (χ4v) is 1.64. The minimum Gasteiger partial charge on any atom is -0.406 e. The summed E-state index contributed by atoms with van der Waals surface area (Å²) in [7, 11) is 0. The first-order valence-corrected chi connectivity index (χ1v) is 5.23. The molecule has 0 aliphatic rings. The number of hydrogen-bond donors (Lipinski definition) is 1. The van der Waals surface area contributed by atoms with E-state index in [1.54, 1.807) is 6.07 Å². The summed E-state index contributed by atoms with van der Waals surface area (Å²) in [6.45, 7) is 4.02. The van der Waals surface area contributed by atoms with E-state index >= 15 is 0 Å². The summed E-state index contributed by atoms with van der Waals surface area (Å²) in [6.07, 6.45) is -4.65. The quantitative estimate of drug-likeness (QED) is 0.840. The van der Waals surface area contributed by atoms with Crippen molar-refractivity contribution in [1.82, 2.24) is 4.98 Å². The van der Waals surface area contributed by atoms with E-state index in [-0.39, 0.29) is 5.75 Å². The largest absolute Gasteiger partial charge is 0.573 e. The first-order valence-electron chi connectivity index (χ1n) is 5.23. The van der Waals surface area contributed by atoms with Crippen molar-refractivity contribution in [3.8, 4) is 5.75 Å². The number of hydrogen-bond acceptors (Lipinski definition) is 1. The summed E-state index contributed by atoms with van der Waals surface area (Å²) in [5, 5.41) is 0.878. The van der Waals surface area contributed by atoms with E-state index in [1.807, 2.05) is 19.9 Å². The molecule has 1 N–H and O–H groups in total. The molecule has 0 saturated carbocycles. The van der Waals surface area contributed by atoms with Crippen LogP contribution >= 0.6 is 0 Å². The Bertz CT molecular complexity index is 528. The summed E-state index contributed by atoms with van der Waals surface area (Å²) >= 11 is 0. The van der Waals surface area contributed by atoms with Gasteiger partial charge in [-0.2, -0.15) is 0 Å². The van der Waals surface area contributed by atoms with Gasteiger partial charge in [-0.1, -0.05) is 13.8 Å². The van der Waals surface area contributed by atoms with Crippen LogP contribution in [0.25, 0.3) is 10.9 Å². The lowest BCUT2D eigenvalue weighted by Crippen LogP contribution is -2.16. The van der Waals surface area contributed by atoms with E-state index in [0.717, 1.165) is 11.1 Å². The second kappa shape index (κ2) is 3.98. The molecule has 2 rings (SSSR count). The van der Waals surface area contributed by atoms with E-state index in [9.17, 15) is 13.2 Å². The van der Waals surface area contributed by atoms with Crippen LogP contribution in [-0.4, -0.2) is 11.3 Å². The second-order valence-electron chi connectivity index (χ2n) is 4.18.